The summed E-state index contributed by atoms with van der Waals surface area (Å²) in [7, 11) is 2.25. The van der Waals surface area contributed by atoms with E-state index in [1.807, 2.05) is 0 Å². The van der Waals surface area contributed by atoms with Gasteiger partial charge in [0.05, 0.1) is 11.7 Å². The van der Waals surface area contributed by atoms with Crippen LogP contribution in [0.4, 0.5) is 0 Å². The van der Waals surface area contributed by atoms with Gasteiger partial charge < -0.3 is 9.64 Å². The van der Waals surface area contributed by atoms with Gasteiger partial charge in [0.25, 0.3) is 0 Å². The van der Waals surface area contributed by atoms with Crippen molar-refractivity contribution in [3.8, 4) is 0 Å². The SMILES string of the molecule is CC(C)=CCC/C(C)=C/CC/C(C)=C/CCCN(C)CC/C=C(\C)CCC1OC1(C)C. The summed E-state index contributed by atoms with van der Waals surface area (Å²) in [5.41, 5.74) is 6.14. The normalized spacial score (nSPS) is 19.1. The summed E-state index contributed by atoms with van der Waals surface area (Å²) in [6.45, 7) is 17.9. The summed E-state index contributed by atoms with van der Waals surface area (Å²) < 4.78 is 5.68. The van der Waals surface area contributed by atoms with Crippen molar-refractivity contribution in [2.75, 3.05) is 20.1 Å². The maximum absolute atomic E-state index is 5.68. The Morgan fingerprint density at radius 3 is 1.84 bits per heavy atom. The van der Waals surface area contributed by atoms with E-state index in [-0.39, 0.29) is 5.60 Å². The summed E-state index contributed by atoms with van der Waals surface area (Å²) in [6.07, 6.45) is 20.8. The third-order valence-corrected chi connectivity index (χ3v) is 6.33. The standard InChI is InChI=1S/C29H51NO/c1-24(2)14-11-16-26(4)18-12-17-25(3)15-9-10-22-30(8)23-13-19-27(5)20-21-28-29(6,7)31-28/h14-15,18-19,28H,9-13,16-17,20-23H2,1-8H3/b25-15+,26-18+,27-19+. The number of rotatable bonds is 16. The Bertz CT molecular complexity index is 631. The van der Waals surface area contributed by atoms with Crippen LogP contribution in [0.5, 0.6) is 0 Å². The smallest absolute Gasteiger partial charge is 0.0892 e. The molecule has 1 atom stereocenters. The zero-order valence-electron chi connectivity index (χ0n) is 22.0. The largest absolute Gasteiger partial charge is 0.367 e. The van der Waals surface area contributed by atoms with Crippen molar-refractivity contribution >= 4 is 0 Å². The summed E-state index contributed by atoms with van der Waals surface area (Å²) in [5.74, 6) is 0. The van der Waals surface area contributed by atoms with E-state index in [0.29, 0.717) is 6.10 Å². The second-order valence-corrected chi connectivity index (χ2v) is 10.5. The second-order valence-electron chi connectivity index (χ2n) is 10.5. The van der Waals surface area contributed by atoms with Gasteiger partial charge in [-0.3, -0.25) is 0 Å². The number of unbranched alkanes of at least 4 members (excludes halogenated alkanes) is 1. The van der Waals surface area contributed by atoms with Crippen LogP contribution in [0.1, 0.15) is 106 Å². The van der Waals surface area contributed by atoms with Gasteiger partial charge >= 0.3 is 0 Å². The fraction of sp³-hybridized carbons (Fsp3) is 0.724. The molecular formula is C29H51NO. The van der Waals surface area contributed by atoms with Crippen molar-refractivity contribution in [1.29, 1.82) is 0 Å². The fourth-order valence-corrected chi connectivity index (χ4v) is 3.89. The van der Waals surface area contributed by atoms with Crippen LogP contribution in [-0.2, 0) is 4.74 Å². The second kappa shape index (κ2) is 14.9. The highest BCUT2D eigenvalue weighted by Crippen LogP contribution is 2.38. The number of ether oxygens (including phenoxy) is 1. The van der Waals surface area contributed by atoms with E-state index < -0.39 is 0 Å². The molecule has 0 bridgehead atoms. The molecule has 0 saturated carbocycles. The van der Waals surface area contributed by atoms with Crippen LogP contribution in [0, 0.1) is 0 Å². The van der Waals surface area contributed by atoms with Crippen LogP contribution in [0.25, 0.3) is 0 Å². The minimum atomic E-state index is 0.133. The Morgan fingerprint density at radius 2 is 1.26 bits per heavy atom. The molecule has 1 unspecified atom stereocenters. The van der Waals surface area contributed by atoms with Crippen molar-refractivity contribution in [2.24, 2.45) is 0 Å². The molecule has 1 saturated heterocycles. The van der Waals surface area contributed by atoms with E-state index in [0.717, 1.165) is 13.0 Å². The van der Waals surface area contributed by atoms with Crippen LogP contribution in [0.15, 0.2) is 46.6 Å². The Labute approximate surface area is 194 Å². The number of hydrogen-bond acceptors (Lipinski definition) is 2. The first kappa shape index (κ1) is 27.9. The van der Waals surface area contributed by atoms with Crippen LogP contribution < -0.4 is 0 Å². The first-order valence-corrected chi connectivity index (χ1v) is 12.6. The summed E-state index contributed by atoms with van der Waals surface area (Å²) in [4.78, 5) is 2.47. The highest BCUT2D eigenvalue weighted by Gasteiger charge is 2.46. The fourth-order valence-electron chi connectivity index (χ4n) is 3.89. The van der Waals surface area contributed by atoms with E-state index in [2.05, 4.69) is 84.7 Å². The van der Waals surface area contributed by atoms with Crippen LogP contribution in [0.2, 0.25) is 0 Å². The van der Waals surface area contributed by atoms with E-state index in [1.54, 1.807) is 0 Å². The molecule has 0 aliphatic carbocycles. The van der Waals surface area contributed by atoms with Gasteiger partial charge in [-0.1, -0.05) is 46.6 Å². The van der Waals surface area contributed by atoms with E-state index in [1.165, 1.54) is 80.2 Å². The van der Waals surface area contributed by atoms with Gasteiger partial charge in [-0.25, -0.2) is 0 Å². The van der Waals surface area contributed by atoms with Gasteiger partial charge in [0, 0.05) is 6.54 Å². The molecule has 1 rings (SSSR count). The molecule has 0 radical (unpaired) electrons. The van der Waals surface area contributed by atoms with E-state index >= 15 is 0 Å². The number of hydrogen-bond donors (Lipinski definition) is 0. The van der Waals surface area contributed by atoms with Crippen molar-refractivity contribution in [2.45, 2.75) is 118 Å². The quantitative estimate of drug-likeness (QED) is 0.139. The lowest BCUT2D eigenvalue weighted by Crippen LogP contribution is -2.20. The molecule has 178 valence electrons. The van der Waals surface area contributed by atoms with Gasteiger partial charge in [0.2, 0.25) is 0 Å². The molecule has 0 N–H and O–H groups in total. The molecule has 1 heterocycles. The molecule has 0 aromatic carbocycles. The molecule has 2 heteroatoms. The first-order valence-electron chi connectivity index (χ1n) is 12.6. The predicted molar refractivity (Wildman–Crippen MR) is 139 cm³/mol. The highest BCUT2D eigenvalue weighted by molar-refractivity contribution is 5.05. The summed E-state index contributed by atoms with van der Waals surface area (Å²) in [6, 6.07) is 0. The van der Waals surface area contributed by atoms with Crippen molar-refractivity contribution in [3.05, 3.63) is 46.6 Å². The molecule has 1 aliphatic rings. The predicted octanol–water partition coefficient (Wildman–Crippen LogP) is 8.41. The molecule has 0 aromatic rings. The lowest BCUT2D eigenvalue weighted by Gasteiger charge is -2.15. The minimum absolute atomic E-state index is 0.133. The van der Waals surface area contributed by atoms with E-state index in [9.17, 15) is 0 Å². The first-order chi connectivity index (χ1) is 14.6. The third kappa shape index (κ3) is 14.5. The van der Waals surface area contributed by atoms with Gasteiger partial charge in [-0.15, -0.1) is 0 Å². The van der Waals surface area contributed by atoms with Crippen molar-refractivity contribution < 1.29 is 4.74 Å². The third-order valence-electron chi connectivity index (χ3n) is 6.33. The van der Waals surface area contributed by atoms with Gasteiger partial charge in [0.15, 0.2) is 0 Å². The van der Waals surface area contributed by atoms with Crippen LogP contribution in [-0.4, -0.2) is 36.7 Å². The van der Waals surface area contributed by atoms with Crippen LogP contribution >= 0.6 is 0 Å². The molecular weight excluding hydrogens is 378 g/mol. The maximum atomic E-state index is 5.68. The molecule has 0 aromatic heterocycles. The zero-order valence-corrected chi connectivity index (χ0v) is 22.0. The van der Waals surface area contributed by atoms with Gasteiger partial charge in [-0.2, -0.15) is 0 Å². The lowest BCUT2D eigenvalue weighted by atomic mass is 10.0. The number of allylic oxidation sites excluding steroid dienone is 7. The Balaban J connectivity index is 2.08. The monoisotopic (exact) mass is 429 g/mol. The molecule has 1 aliphatic heterocycles. The Morgan fingerprint density at radius 1 is 0.742 bits per heavy atom. The Kier molecular flexibility index (Phi) is 13.4. The van der Waals surface area contributed by atoms with Crippen molar-refractivity contribution in [1.82, 2.24) is 4.90 Å². The molecule has 31 heavy (non-hydrogen) atoms. The molecule has 0 amide bonds. The molecule has 1 fully saturated rings. The minimum Gasteiger partial charge on any atom is -0.367 e. The topological polar surface area (TPSA) is 15.8 Å². The average molecular weight is 430 g/mol. The summed E-state index contributed by atoms with van der Waals surface area (Å²) >= 11 is 0. The summed E-state index contributed by atoms with van der Waals surface area (Å²) in [5, 5.41) is 0. The molecule has 2 nitrogen and oxygen atoms in total. The van der Waals surface area contributed by atoms with Gasteiger partial charge in [-0.05, 0) is 120 Å². The van der Waals surface area contributed by atoms with E-state index in [4.69, 9.17) is 4.74 Å². The highest BCUT2D eigenvalue weighted by atomic mass is 16.6. The number of nitrogens with zero attached hydrogens (tertiary/aromatic N) is 1. The average Bonchev–Trinajstić information content (AvgIpc) is 3.30. The lowest BCUT2D eigenvalue weighted by molar-refractivity contribution is 0.320. The molecule has 0 spiro atoms. The zero-order chi connectivity index (χ0) is 23.3. The Hall–Kier alpha value is -1.12. The maximum Gasteiger partial charge on any atom is 0.0892 e. The number of epoxide rings is 1. The van der Waals surface area contributed by atoms with Crippen molar-refractivity contribution in [3.63, 3.8) is 0 Å². The van der Waals surface area contributed by atoms with Gasteiger partial charge in [0.1, 0.15) is 0 Å². The van der Waals surface area contributed by atoms with Crippen LogP contribution in [0.3, 0.4) is 0 Å².